The lowest BCUT2D eigenvalue weighted by Crippen LogP contribution is -2.45. The van der Waals surface area contributed by atoms with Gasteiger partial charge in [0.05, 0.1) is 5.56 Å². The molecule has 130 valence electrons. The minimum Gasteiger partial charge on any atom is -0.336 e. The van der Waals surface area contributed by atoms with Crippen LogP contribution >= 0.6 is 0 Å². The molecule has 0 radical (unpaired) electrons. The predicted octanol–water partition coefficient (Wildman–Crippen LogP) is 2.83. The molecule has 1 aromatic rings. The number of amides is 1. The third-order valence-corrected chi connectivity index (χ3v) is 5.73. The van der Waals surface area contributed by atoms with Crippen LogP contribution in [0, 0.1) is 0 Å². The molecule has 0 aromatic carbocycles. The lowest BCUT2D eigenvalue weighted by Gasteiger charge is -2.36. The van der Waals surface area contributed by atoms with Crippen molar-refractivity contribution in [3.05, 3.63) is 23.8 Å². The summed E-state index contributed by atoms with van der Waals surface area (Å²) in [5.74, 6) is 1.58. The van der Waals surface area contributed by atoms with Gasteiger partial charge in [0.25, 0.3) is 5.91 Å². The molecule has 1 saturated carbocycles. The summed E-state index contributed by atoms with van der Waals surface area (Å²) in [4.78, 5) is 26.4. The first-order valence-corrected chi connectivity index (χ1v) is 9.66. The molecule has 3 heterocycles. The zero-order chi connectivity index (χ0) is 16.4. The monoisotopic (exact) mass is 328 g/mol. The van der Waals surface area contributed by atoms with Gasteiger partial charge < -0.3 is 9.80 Å². The smallest absolute Gasteiger partial charge is 0.257 e. The first-order chi connectivity index (χ1) is 11.8. The van der Waals surface area contributed by atoms with E-state index < -0.39 is 0 Å². The molecular weight excluding hydrogens is 300 g/mol. The van der Waals surface area contributed by atoms with E-state index in [1.807, 2.05) is 0 Å². The largest absolute Gasteiger partial charge is 0.336 e. The highest BCUT2D eigenvalue weighted by atomic mass is 16.2. The molecular formula is C19H28N4O. The Morgan fingerprint density at radius 3 is 2.42 bits per heavy atom. The molecule has 5 nitrogen and oxygen atoms in total. The number of rotatable bonds is 5. The third kappa shape index (κ3) is 3.61. The first kappa shape index (κ1) is 16.0. The van der Waals surface area contributed by atoms with Crippen molar-refractivity contribution in [3.63, 3.8) is 0 Å². The van der Waals surface area contributed by atoms with Crippen LogP contribution in [-0.2, 0) is 0 Å². The Morgan fingerprint density at radius 1 is 1.00 bits per heavy atom. The molecule has 4 rings (SSSR count). The molecule has 1 amide bonds. The molecule has 24 heavy (non-hydrogen) atoms. The number of hydrogen-bond donors (Lipinski definition) is 0. The van der Waals surface area contributed by atoms with Crippen LogP contribution in [0.1, 0.15) is 73.5 Å². The van der Waals surface area contributed by atoms with Crippen molar-refractivity contribution in [2.75, 3.05) is 26.2 Å². The van der Waals surface area contributed by atoms with E-state index >= 15 is 0 Å². The van der Waals surface area contributed by atoms with Gasteiger partial charge in [-0.1, -0.05) is 0 Å². The molecule has 5 heteroatoms. The normalized spacial score (nSPS) is 25.2. The van der Waals surface area contributed by atoms with E-state index in [9.17, 15) is 4.79 Å². The van der Waals surface area contributed by atoms with E-state index in [0.717, 1.165) is 38.2 Å². The number of aromatic nitrogens is 2. The number of nitrogens with zero attached hydrogens (tertiary/aromatic N) is 4. The quantitative estimate of drug-likeness (QED) is 0.834. The molecule has 2 aliphatic heterocycles. The molecule has 0 spiro atoms. The van der Waals surface area contributed by atoms with Gasteiger partial charge in [-0.25, -0.2) is 9.97 Å². The summed E-state index contributed by atoms with van der Waals surface area (Å²) < 4.78 is 0. The summed E-state index contributed by atoms with van der Waals surface area (Å²) in [5.41, 5.74) is 0.660. The van der Waals surface area contributed by atoms with Crippen LogP contribution in [-0.4, -0.2) is 57.9 Å². The molecule has 1 aliphatic carbocycles. The zero-order valence-corrected chi connectivity index (χ0v) is 14.5. The molecule has 0 N–H and O–H groups in total. The summed E-state index contributed by atoms with van der Waals surface area (Å²) in [6.45, 7) is 4.48. The highest BCUT2D eigenvalue weighted by Crippen LogP contribution is 2.37. The van der Waals surface area contributed by atoms with E-state index in [0.29, 0.717) is 17.5 Å². The fourth-order valence-corrected chi connectivity index (χ4v) is 4.07. The van der Waals surface area contributed by atoms with Gasteiger partial charge in [0.1, 0.15) is 5.82 Å². The molecule has 3 aliphatic rings. The molecule has 1 aromatic heterocycles. The van der Waals surface area contributed by atoms with Crippen molar-refractivity contribution in [2.24, 2.45) is 0 Å². The second-order valence-electron chi connectivity index (χ2n) is 7.59. The second kappa shape index (κ2) is 7.18. The van der Waals surface area contributed by atoms with Crippen molar-refractivity contribution >= 4 is 5.91 Å². The molecule has 1 atom stereocenters. The van der Waals surface area contributed by atoms with Crippen LogP contribution in [0.2, 0.25) is 0 Å². The van der Waals surface area contributed by atoms with Crippen LogP contribution in [0.3, 0.4) is 0 Å². The van der Waals surface area contributed by atoms with Gasteiger partial charge in [0.15, 0.2) is 0 Å². The van der Waals surface area contributed by atoms with E-state index in [-0.39, 0.29) is 5.91 Å². The van der Waals surface area contributed by atoms with Gasteiger partial charge in [-0.15, -0.1) is 0 Å². The van der Waals surface area contributed by atoms with Crippen LogP contribution in [0.15, 0.2) is 12.4 Å². The number of carbonyl (C=O) groups is 1. The summed E-state index contributed by atoms with van der Waals surface area (Å²) in [5, 5.41) is 0. The van der Waals surface area contributed by atoms with Gasteiger partial charge in [0, 0.05) is 37.4 Å². The van der Waals surface area contributed by atoms with Crippen LogP contribution in [0.4, 0.5) is 0 Å². The van der Waals surface area contributed by atoms with E-state index in [2.05, 4.69) is 19.8 Å². The predicted molar refractivity (Wildman–Crippen MR) is 93.0 cm³/mol. The van der Waals surface area contributed by atoms with Gasteiger partial charge >= 0.3 is 0 Å². The third-order valence-electron chi connectivity index (χ3n) is 5.73. The van der Waals surface area contributed by atoms with E-state index in [1.54, 1.807) is 12.4 Å². The number of piperidine rings is 1. The van der Waals surface area contributed by atoms with Crippen LogP contribution in [0.5, 0.6) is 0 Å². The van der Waals surface area contributed by atoms with Gasteiger partial charge in [-0.05, 0) is 64.5 Å². The van der Waals surface area contributed by atoms with Gasteiger partial charge in [-0.3, -0.25) is 4.79 Å². The average molecular weight is 328 g/mol. The van der Waals surface area contributed by atoms with Crippen molar-refractivity contribution in [1.82, 2.24) is 19.8 Å². The summed E-state index contributed by atoms with van der Waals surface area (Å²) in [6.07, 6.45) is 13.1. The minimum atomic E-state index is 0.128. The minimum absolute atomic E-state index is 0.128. The van der Waals surface area contributed by atoms with Gasteiger partial charge in [0.2, 0.25) is 0 Å². The van der Waals surface area contributed by atoms with Crippen LogP contribution < -0.4 is 0 Å². The Bertz CT molecular complexity index is 563. The first-order valence-electron chi connectivity index (χ1n) is 9.66. The fraction of sp³-hybridized carbons (Fsp3) is 0.737. The maximum absolute atomic E-state index is 12.9. The maximum atomic E-state index is 12.9. The average Bonchev–Trinajstić information content (AvgIpc) is 3.36. The Balaban J connectivity index is 1.39. The lowest BCUT2D eigenvalue weighted by molar-refractivity contribution is 0.0587. The topological polar surface area (TPSA) is 49.3 Å². The Labute approximate surface area is 144 Å². The summed E-state index contributed by atoms with van der Waals surface area (Å²) in [6, 6.07) is 0.384. The zero-order valence-electron chi connectivity index (χ0n) is 14.5. The molecule has 0 unspecified atom stereocenters. The van der Waals surface area contributed by atoms with Crippen molar-refractivity contribution in [1.29, 1.82) is 0 Å². The Hall–Kier alpha value is -1.49. The Morgan fingerprint density at radius 2 is 1.71 bits per heavy atom. The van der Waals surface area contributed by atoms with Crippen LogP contribution in [0.25, 0.3) is 0 Å². The highest BCUT2D eigenvalue weighted by Gasteiger charge is 2.30. The number of carbonyl (C=O) groups excluding carboxylic acids is 1. The molecule has 2 saturated heterocycles. The fourth-order valence-electron chi connectivity index (χ4n) is 4.07. The highest BCUT2D eigenvalue weighted by molar-refractivity contribution is 5.93. The Kier molecular flexibility index (Phi) is 4.79. The lowest BCUT2D eigenvalue weighted by atomic mass is 9.98. The number of hydrogen-bond acceptors (Lipinski definition) is 4. The number of likely N-dealkylation sites (tertiary alicyclic amines) is 2. The molecule has 0 bridgehead atoms. The SMILES string of the molecule is O=C(c1cnc(C2CC2)nc1)N1CCCC[C@@H]1CCN1CCCC1. The summed E-state index contributed by atoms with van der Waals surface area (Å²) >= 11 is 0. The van der Waals surface area contributed by atoms with E-state index in [4.69, 9.17) is 0 Å². The maximum Gasteiger partial charge on any atom is 0.257 e. The van der Waals surface area contributed by atoms with Gasteiger partial charge in [-0.2, -0.15) is 0 Å². The van der Waals surface area contributed by atoms with Crippen molar-refractivity contribution in [2.45, 2.75) is 63.3 Å². The standard InChI is InChI=1S/C19H28N4O/c24-19(16-13-20-18(21-14-16)15-6-7-15)23-11-2-1-5-17(23)8-12-22-9-3-4-10-22/h13-15,17H,1-12H2/t17-/m1/s1. The second-order valence-corrected chi connectivity index (χ2v) is 7.59. The molecule has 3 fully saturated rings. The van der Waals surface area contributed by atoms with Crippen molar-refractivity contribution in [3.8, 4) is 0 Å². The van der Waals surface area contributed by atoms with E-state index in [1.165, 1.54) is 45.2 Å². The summed E-state index contributed by atoms with van der Waals surface area (Å²) in [7, 11) is 0. The van der Waals surface area contributed by atoms with Crippen molar-refractivity contribution < 1.29 is 4.79 Å².